The van der Waals surface area contributed by atoms with Gasteiger partial charge < -0.3 is 40.1 Å². The van der Waals surface area contributed by atoms with Crippen molar-refractivity contribution in [3.8, 4) is 34.5 Å². The van der Waals surface area contributed by atoms with Crippen LogP contribution < -0.4 is 9.47 Å². The number of carbonyl (C=O) groups is 1. The molecule has 2 heterocycles. The van der Waals surface area contributed by atoms with Crippen LogP contribution in [0, 0.1) is 0 Å². The van der Waals surface area contributed by atoms with Crippen LogP contribution in [0.5, 0.6) is 34.5 Å². The first kappa shape index (κ1) is 16.0. The van der Waals surface area contributed by atoms with E-state index in [1.165, 1.54) is 0 Å². The first-order chi connectivity index (χ1) is 12.6. The van der Waals surface area contributed by atoms with Crippen LogP contribution in [0.1, 0.15) is 24.0 Å². The number of Topliss-reactive ketones (excluding diaryl/α,β-unsaturated/α-hetero) is 1. The minimum absolute atomic E-state index is 0.141. The lowest BCUT2D eigenvalue weighted by Gasteiger charge is -2.48. The maximum absolute atomic E-state index is 12.3. The molecule has 9 nitrogen and oxygen atoms in total. The normalized spacial score (nSPS) is 32.7. The van der Waals surface area contributed by atoms with Gasteiger partial charge in [0.15, 0.2) is 5.41 Å². The fourth-order valence-corrected chi connectivity index (χ4v) is 4.75. The molecule has 1 fully saturated rings. The fourth-order valence-electron chi connectivity index (χ4n) is 4.75. The number of hydrogen-bond donors (Lipinski definition) is 6. The van der Waals surface area contributed by atoms with Gasteiger partial charge in [0, 0.05) is 24.3 Å². The lowest BCUT2D eigenvalue weighted by atomic mass is 9.59. The molecule has 0 aromatic heterocycles. The lowest BCUT2D eigenvalue weighted by Crippen LogP contribution is -2.69. The van der Waals surface area contributed by atoms with Gasteiger partial charge in [-0.25, -0.2) is 0 Å². The second-order valence-corrected chi connectivity index (χ2v) is 7.09. The third-order valence-corrected chi connectivity index (χ3v) is 5.49. The summed E-state index contributed by atoms with van der Waals surface area (Å²) in [6, 6.07) is 4.19. The van der Waals surface area contributed by atoms with E-state index in [1.54, 1.807) is 0 Å². The van der Waals surface area contributed by atoms with E-state index in [2.05, 4.69) is 0 Å². The van der Waals surface area contributed by atoms with Gasteiger partial charge in [0.1, 0.15) is 40.3 Å². The maximum Gasteiger partial charge on any atom is 0.236 e. The van der Waals surface area contributed by atoms with Crippen molar-refractivity contribution in [1.29, 1.82) is 0 Å². The summed E-state index contributed by atoms with van der Waals surface area (Å²) in [7, 11) is 0. The second-order valence-electron chi connectivity index (χ2n) is 7.09. The number of phenolic OH excluding ortho intramolecular Hbond substituents is 4. The van der Waals surface area contributed by atoms with Crippen molar-refractivity contribution in [1.82, 2.24) is 0 Å². The van der Waals surface area contributed by atoms with E-state index in [0.717, 1.165) is 24.3 Å². The molecule has 140 valence electrons. The number of ketones is 1. The van der Waals surface area contributed by atoms with Crippen molar-refractivity contribution in [2.45, 2.75) is 29.8 Å². The van der Waals surface area contributed by atoms with Crippen molar-refractivity contribution in [3.63, 3.8) is 0 Å². The van der Waals surface area contributed by atoms with Crippen LogP contribution in [0.4, 0.5) is 0 Å². The Morgan fingerprint density at radius 2 is 1.15 bits per heavy atom. The highest BCUT2D eigenvalue weighted by molar-refractivity contribution is 5.86. The standard InChI is InChI=1S/C18H14O9/c19-7-1-10(22)14-12(3-7)26-16(24)5-9(21)6-17(25)18(14,16)15-11(23)2-8(20)4-13(15)27-17/h1-4,19-20,22-25H,5-6H2. The molecule has 9 heteroatoms. The van der Waals surface area contributed by atoms with Gasteiger partial charge in [0.2, 0.25) is 11.6 Å². The third-order valence-electron chi connectivity index (χ3n) is 5.49. The van der Waals surface area contributed by atoms with Crippen molar-refractivity contribution >= 4 is 5.78 Å². The van der Waals surface area contributed by atoms with Crippen LogP contribution in [0.3, 0.4) is 0 Å². The first-order valence-corrected chi connectivity index (χ1v) is 8.09. The molecule has 1 spiro atoms. The molecule has 2 aliphatic heterocycles. The van der Waals surface area contributed by atoms with Crippen LogP contribution in [0.25, 0.3) is 0 Å². The highest BCUT2D eigenvalue weighted by Gasteiger charge is 2.80. The lowest BCUT2D eigenvalue weighted by molar-refractivity contribution is -0.272. The summed E-state index contributed by atoms with van der Waals surface area (Å²) in [5.74, 6) is -7.55. The molecule has 27 heavy (non-hydrogen) atoms. The van der Waals surface area contributed by atoms with Gasteiger partial charge in [-0.1, -0.05) is 0 Å². The molecular weight excluding hydrogens is 360 g/mol. The molecule has 0 radical (unpaired) electrons. The molecule has 1 saturated carbocycles. The van der Waals surface area contributed by atoms with Crippen molar-refractivity contribution in [2.24, 2.45) is 0 Å². The van der Waals surface area contributed by atoms with Crippen molar-refractivity contribution in [3.05, 3.63) is 35.4 Å². The summed E-state index contributed by atoms with van der Waals surface area (Å²) in [4.78, 5) is 12.3. The van der Waals surface area contributed by atoms with E-state index in [1.807, 2.05) is 0 Å². The SMILES string of the molecule is O=C1CC2(O)Oc3cc(O)cc(O)c3C23c2c(O)cc(O)cc2OC3(O)C1. The van der Waals surface area contributed by atoms with Gasteiger partial charge >= 0.3 is 0 Å². The average Bonchev–Trinajstić information content (AvgIpc) is 2.90. The summed E-state index contributed by atoms with van der Waals surface area (Å²) in [6.45, 7) is 0. The molecule has 6 N–H and O–H groups in total. The van der Waals surface area contributed by atoms with E-state index in [9.17, 15) is 35.4 Å². The molecule has 3 aliphatic rings. The molecule has 0 saturated heterocycles. The molecule has 1 aliphatic carbocycles. The number of phenols is 4. The third kappa shape index (κ3) is 1.59. The summed E-state index contributed by atoms with van der Waals surface area (Å²) < 4.78 is 11.1. The Hall–Kier alpha value is -3.17. The summed E-state index contributed by atoms with van der Waals surface area (Å²) in [5.41, 5.74) is -2.37. The number of benzene rings is 2. The number of ether oxygens (including phenoxy) is 2. The predicted molar refractivity (Wildman–Crippen MR) is 85.7 cm³/mol. The predicted octanol–water partition coefficient (Wildman–Crippen LogP) is 0.320. The zero-order valence-corrected chi connectivity index (χ0v) is 13.6. The maximum atomic E-state index is 12.3. The van der Waals surface area contributed by atoms with Crippen LogP contribution in [0.2, 0.25) is 0 Å². The Morgan fingerprint density at radius 1 is 0.741 bits per heavy atom. The number of aliphatic hydroxyl groups is 2. The van der Waals surface area contributed by atoms with Gasteiger partial charge in [0.25, 0.3) is 0 Å². The topological polar surface area (TPSA) is 157 Å². The van der Waals surface area contributed by atoms with Gasteiger partial charge in [-0.2, -0.15) is 0 Å². The molecule has 2 aromatic carbocycles. The molecule has 2 aromatic rings. The van der Waals surface area contributed by atoms with E-state index in [-0.39, 0.29) is 34.1 Å². The summed E-state index contributed by atoms with van der Waals surface area (Å²) in [5, 5.41) is 63.3. The molecule has 0 bridgehead atoms. The van der Waals surface area contributed by atoms with Gasteiger partial charge in [-0.3, -0.25) is 4.79 Å². The number of fused-ring (bicyclic) bond motifs is 2. The molecule has 2 unspecified atom stereocenters. The Bertz CT molecular complexity index is 964. The highest BCUT2D eigenvalue weighted by atomic mass is 16.7. The van der Waals surface area contributed by atoms with E-state index in [4.69, 9.17) is 9.47 Å². The zero-order valence-electron chi connectivity index (χ0n) is 13.6. The van der Waals surface area contributed by atoms with E-state index >= 15 is 0 Å². The number of hydrogen-bond acceptors (Lipinski definition) is 9. The molecule has 0 amide bonds. The van der Waals surface area contributed by atoms with Crippen LogP contribution >= 0.6 is 0 Å². The number of rotatable bonds is 0. The Balaban J connectivity index is 1.97. The summed E-state index contributed by atoms with van der Waals surface area (Å²) in [6.07, 6.45) is -1.12. The first-order valence-electron chi connectivity index (χ1n) is 8.09. The van der Waals surface area contributed by atoms with E-state index in [0.29, 0.717) is 0 Å². The second kappa shape index (κ2) is 4.38. The van der Waals surface area contributed by atoms with Gasteiger partial charge in [-0.15, -0.1) is 0 Å². The number of aromatic hydroxyl groups is 4. The quantitative estimate of drug-likeness (QED) is 0.382. The van der Waals surface area contributed by atoms with Crippen molar-refractivity contribution < 1.29 is 44.9 Å². The average molecular weight is 374 g/mol. The van der Waals surface area contributed by atoms with Crippen molar-refractivity contribution in [2.75, 3.05) is 0 Å². The van der Waals surface area contributed by atoms with Crippen LogP contribution in [-0.2, 0) is 10.2 Å². The zero-order chi connectivity index (χ0) is 19.4. The molecule has 5 rings (SSSR count). The Kier molecular flexibility index (Phi) is 2.60. The Morgan fingerprint density at radius 3 is 1.56 bits per heavy atom. The monoisotopic (exact) mass is 374 g/mol. The van der Waals surface area contributed by atoms with Gasteiger partial charge in [-0.05, 0) is 0 Å². The minimum Gasteiger partial charge on any atom is -0.508 e. The highest BCUT2D eigenvalue weighted by Crippen LogP contribution is 2.70. The minimum atomic E-state index is -2.41. The van der Waals surface area contributed by atoms with Crippen LogP contribution in [0.15, 0.2) is 24.3 Å². The van der Waals surface area contributed by atoms with Gasteiger partial charge in [0.05, 0.1) is 24.0 Å². The largest absolute Gasteiger partial charge is 0.508 e. The van der Waals surface area contributed by atoms with Crippen LogP contribution in [-0.4, -0.2) is 48.0 Å². The molecule has 2 atom stereocenters. The smallest absolute Gasteiger partial charge is 0.236 e. The fraction of sp³-hybridized carbons (Fsp3) is 0.278. The number of carbonyl (C=O) groups excluding carboxylic acids is 1. The van der Waals surface area contributed by atoms with E-state index < -0.39 is 47.1 Å². The summed E-state index contributed by atoms with van der Waals surface area (Å²) >= 11 is 0. The Labute approximate surface area is 151 Å². The molecular formula is C18H14O9.